The van der Waals surface area contributed by atoms with Crippen molar-refractivity contribution in [1.29, 1.82) is 0 Å². The van der Waals surface area contributed by atoms with Crippen molar-refractivity contribution >= 4 is 21.8 Å². The smallest absolute Gasteiger partial charge is 0.279 e. The van der Waals surface area contributed by atoms with Crippen molar-refractivity contribution in [2.24, 2.45) is 14.1 Å². The second-order valence-electron chi connectivity index (χ2n) is 7.28. The summed E-state index contributed by atoms with van der Waals surface area (Å²) < 4.78 is 4.35. The Morgan fingerprint density at radius 2 is 1.60 bits per heavy atom. The molecule has 0 aliphatic carbocycles. The van der Waals surface area contributed by atoms with E-state index in [1.54, 1.807) is 19.4 Å². The lowest BCUT2D eigenvalue weighted by molar-refractivity contribution is 0.679. The van der Waals surface area contributed by atoms with Gasteiger partial charge in [-0.1, -0.05) is 42.5 Å². The van der Waals surface area contributed by atoms with Crippen LogP contribution in [0.2, 0.25) is 0 Å². The van der Waals surface area contributed by atoms with Crippen molar-refractivity contribution in [2.45, 2.75) is 6.54 Å². The van der Waals surface area contributed by atoms with Crippen LogP contribution in [-0.4, -0.2) is 23.9 Å². The van der Waals surface area contributed by atoms with E-state index in [1.807, 2.05) is 35.0 Å². The van der Waals surface area contributed by atoms with Crippen LogP contribution in [0.1, 0.15) is 5.56 Å². The molecule has 30 heavy (non-hydrogen) atoms. The first-order valence-corrected chi connectivity index (χ1v) is 9.60. The number of rotatable bonds is 3. The third kappa shape index (κ3) is 2.67. The Balaban J connectivity index is 1.84. The van der Waals surface area contributed by atoms with Crippen molar-refractivity contribution < 1.29 is 0 Å². The molecular formula is C23H19N5O2. The van der Waals surface area contributed by atoms with Gasteiger partial charge in [0.1, 0.15) is 5.39 Å². The lowest BCUT2D eigenvalue weighted by Gasteiger charge is -2.10. The standard InChI is InChI=1S/C23H19N5O2/c1-26-21-19(22(29)27(2)23(26)30)20(16-10-12-24-13-11-16)28(25-21)14-17-8-5-7-15-6-3-4-9-18(15)17/h3-13H,14H2,1-2H3. The van der Waals surface area contributed by atoms with E-state index < -0.39 is 5.69 Å². The molecule has 0 saturated heterocycles. The van der Waals surface area contributed by atoms with Gasteiger partial charge >= 0.3 is 5.69 Å². The Kier molecular flexibility index (Phi) is 4.10. The highest BCUT2D eigenvalue weighted by molar-refractivity contribution is 5.91. The second kappa shape index (κ2) is 6.81. The molecule has 0 aliphatic heterocycles. The second-order valence-corrected chi connectivity index (χ2v) is 7.28. The zero-order chi connectivity index (χ0) is 20.8. The number of hydrogen-bond acceptors (Lipinski definition) is 4. The normalized spacial score (nSPS) is 11.4. The first kappa shape index (κ1) is 18.1. The third-order valence-electron chi connectivity index (χ3n) is 5.50. The summed E-state index contributed by atoms with van der Waals surface area (Å²) in [5.41, 5.74) is 2.20. The molecule has 2 aromatic carbocycles. The topological polar surface area (TPSA) is 74.7 Å². The predicted molar refractivity (Wildman–Crippen MR) is 116 cm³/mol. The Morgan fingerprint density at radius 1 is 0.867 bits per heavy atom. The highest BCUT2D eigenvalue weighted by atomic mass is 16.2. The van der Waals surface area contributed by atoms with E-state index in [4.69, 9.17) is 5.10 Å². The van der Waals surface area contributed by atoms with Gasteiger partial charge in [0, 0.05) is 32.1 Å². The molecule has 5 rings (SSSR count). The molecule has 7 nitrogen and oxygen atoms in total. The van der Waals surface area contributed by atoms with E-state index in [2.05, 4.69) is 29.2 Å². The van der Waals surface area contributed by atoms with Crippen LogP contribution in [0.3, 0.4) is 0 Å². The number of nitrogens with zero attached hydrogens (tertiary/aromatic N) is 5. The summed E-state index contributed by atoms with van der Waals surface area (Å²) in [6.07, 6.45) is 3.37. The minimum atomic E-state index is -0.399. The van der Waals surface area contributed by atoms with Gasteiger partial charge in [0.15, 0.2) is 5.65 Å². The van der Waals surface area contributed by atoms with Gasteiger partial charge in [0.05, 0.1) is 12.2 Å². The molecule has 0 N–H and O–H groups in total. The Hall–Kier alpha value is -4.00. The van der Waals surface area contributed by atoms with E-state index in [-0.39, 0.29) is 5.56 Å². The van der Waals surface area contributed by atoms with Gasteiger partial charge in [-0.3, -0.25) is 23.6 Å². The van der Waals surface area contributed by atoms with Crippen molar-refractivity contribution in [3.05, 3.63) is 93.4 Å². The number of pyridine rings is 1. The van der Waals surface area contributed by atoms with Crippen LogP contribution in [0.4, 0.5) is 0 Å². The summed E-state index contributed by atoms with van der Waals surface area (Å²) in [4.78, 5) is 29.6. The number of aryl methyl sites for hydroxylation is 1. The van der Waals surface area contributed by atoms with Crippen LogP contribution in [0, 0.1) is 0 Å². The molecule has 0 unspecified atom stereocenters. The molecule has 0 atom stereocenters. The fraction of sp³-hybridized carbons (Fsp3) is 0.130. The average molecular weight is 397 g/mol. The van der Waals surface area contributed by atoms with Gasteiger partial charge < -0.3 is 0 Å². The predicted octanol–water partition coefficient (Wildman–Crippen LogP) is 2.70. The Morgan fingerprint density at radius 3 is 2.40 bits per heavy atom. The molecule has 0 bridgehead atoms. The molecule has 0 radical (unpaired) electrons. The fourth-order valence-corrected chi connectivity index (χ4v) is 3.96. The summed E-state index contributed by atoms with van der Waals surface area (Å²) in [7, 11) is 3.12. The van der Waals surface area contributed by atoms with Crippen LogP contribution in [0.25, 0.3) is 33.1 Å². The van der Waals surface area contributed by atoms with Crippen molar-refractivity contribution in [3.8, 4) is 11.3 Å². The molecule has 3 aromatic heterocycles. The number of aromatic nitrogens is 5. The molecule has 5 aromatic rings. The summed E-state index contributed by atoms with van der Waals surface area (Å²) in [6, 6.07) is 18.0. The maximum atomic E-state index is 13.1. The zero-order valence-electron chi connectivity index (χ0n) is 16.6. The van der Waals surface area contributed by atoms with Crippen molar-refractivity contribution in [2.75, 3.05) is 0 Å². The molecule has 0 aliphatic rings. The number of benzene rings is 2. The highest BCUT2D eigenvalue weighted by Gasteiger charge is 2.21. The summed E-state index contributed by atoms with van der Waals surface area (Å²) in [5, 5.41) is 7.39. The maximum Gasteiger partial charge on any atom is 0.332 e. The first-order valence-electron chi connectivity index (χ1n) is 9.60. The van der Waals surface area contributed by atoms with Crippen LogP contribution < -0.4 is 11.2 Å². The largest absolute Gasteiger partial charge is 0.332 e. The molecular weight excluding hydrogens is 378 g/mol. The molecule has 0 saturated carbocycles. The molecule has 7 heteroatoms. The van der Waals surface area contributed by atoms with Gasteiger partial charge in [0.2, 0.25) is 0 Å². The molecule has 3 heterocycles. The van der Waals surface area contributed by atoms with Gasteiger partial charge in [-0.2, -0.15) is 5.10 Å². The molecule has 0 fully saturated rings. The summed E-state index contributed by atoms with van der Waals surface area (Å²) >= 11 is 0. The van der Waals surface area contributed by atoms with E-state index in [0.717, 1.165) is 26.5 Å². The van der Waals surface area contributed by atoms with E-state index >= 15 is 0 Å². The van der Waals surface area contributed by atoms with E-state index in [1.165, 1.54) is 11.6 Å². The van der Waals surface area contributed by atoms with Crippen LogP contribution in [0.15, 0.2) is 76.6 Å². The van der Waals surface area contributed by atoms with Gasteiger partial charge in [-0.25, -0.2) is 4.79 Å². The fourth-order valence-electron chi connectivity index (χ4n) is 3.96. The van der Waals surface area contributed by atoms with Crippen molar-refractivity contribution in [1.82, 2.24) is 23.9 Å². The lowest BCUT2D eigenvalue weighted by atomic mass is 10.0. The van der Waals surface area contributed by atoms with Crippen LogP contribution in [0.5, 0.6) is 0 Å². The molecule has 0 spiro atoms. The van der Waals surface area contributed by atoms with Gasteiger partial charge in [0.25, 0.3) is 5.56 Å². The van der Waals surface area contributed by atoms with Crippen molar-refractivity contribution in [3.63, 3.8) is 0 Å². The van der Waals surface area contributed by atoms with Gasteiger partial charge in [-0.05, 0) is 28.5 Å². The number of hydrogen-bond donors (Lipinski definition) is 0. The average Bonchev–Trinajstić information content (AvgIpc) is 3.16. The third-order valence-corrected chi connectivity index (χ3v) is 5.50. The van der Waals surface area contributed by atoms with E-state index in [0.29, 0.717) is 23.3 Å². The highest BCUT2D eigenvalue weighted by Crippen LogP contribution is 2.27. The van der Waals surface area contributed by atoms with Gasteiger partial charge in [-0.15, -0.1) is 0 Å². The molecule has 0 amide bonds. The quantitative estimate of drug-likeness (QED) is 0.469. The maximum absolute atomic E-state index is 13.1. The first-order chi connectivity index (χ1) is 14.6. The minimum Gasteiger partial charge on any atom is -0.279 e. The number of fused-ring (bicyclic) bond motifs is 2. The lowest BCUT2D eigenvalue weighted by Crippen LogP contribution is -2.36. The minimum absolute atomic E-state index is 0.357. The van der Waals surface area contributed by atoms with E-state index in [9.17, 15) is 9.59 Å². The van der Waals surface area contributed by atoms with Crippen LogP contribution in [-0.2, 0) is 20.6 Å². The van der Waals surface area contributed by atoms with Crippen LogP contribution >= 0.6 is 0 Å². The SMILES string of the molecule is Cn1c(=O)c2c(-c3ccncc3)n(Cc3cccc4ccccc34)nc2n(C)c1=O. The zero-order valence-corrected chi connectivity index (χ0v) is 16.6. The Labute approximate surface area is 171 Å². The molecule has 148 valence electrons. The monoisotopic (exact) mass is 397 g/mol. The Bertz CT molecular complexity index is 1520. The summed E-state index contributed by atoms with van der Waals surface area (Å²) in [6.45, 7) is 0.463. The summed E-state index contributed by atoms with van der Waals surface area (Å²) in [5.74, 6) is 0.